The van der Waals surface area contributed by atoms with Gasteiger partial charge in [-0.3, -0.25) is 9.10 Å². The third kappa shape index (κ3) is 5.58. The third-order valence-corrected chi connectivity index (χ3v) is 7.79. The standard InChI is InChI=1S/C29H28N2O4S/c1-21-9-14-25(19-22(21)2)30-29(32)24-12-10-23(11-13-24)20-31(26-15-17-27(35-3)18-16-26)36(33,34)28-7-5-4-6-8-28/h4-19H,20H2,1-3H3,(H,30,32). The molecule has 0 fully saturated rings. The van der Waals surface area contributed by atoms with Crippen molar-refractivity contribution in [3.05, 3.63) is 119 Å². The van der Waals surface area contributed by atoms with Crippen molar-refractivity contribution < 1.29 is 17.9 Å². The van der Waals surface area contributed by atoms with Crippen LogP contribution in [0.4, 0.5) is 11.4 Å². The van der Waals surface area contributed by atoms with E-state index in [2.05, 4.69) is 5.32 Å². The first kappa shape index (κ1) is 25.0. The molecular formula is C29H28N2O4S. The maximum absolute atomic E-state index is 13.6. The highest BCUT2D eigenvalue weighted by atomic mass is 32.2. The van der Waals surface area contributed by atoms with Crippen LogP contribution < -0.4 is 14.4 Å². The molecule has 4 aromatic rings. The molecule has 0 aliphatic rings. The van der Waals surface area contributed by atoms with Gasteiger partial charge in [-0.2, -0.15) is 0 Å². The van der Waals surface area contributed by atoms with E-state index in [-0.39, 0.29) is 17.3 Å². The van der Waals surface area contributed by atoms with Crippen molar-refractivity contribution in [2.45, 2.75) is 25.3 Å². The Kier molecular flexibility index (Phi) is 7.41. The first-order chi connectivity index (χ1) is 17.3. The Bertz CT molecular complexity index is 1450. The number of nitrogens with zero attached hydrogens (tertiary/aromatic N) is 1. The van der Waals surface area contributed by atoms with Crippen LogP contribution in [0.25, 0.3) is 0 Å². The summed E-state index contributed by atoms with van der Waals surface area (Å²) in [5.41, 5.74) is 4.72. The van der Waals surface area contributed by atoms with Crippen LogP contribution in [0.3, 0.4) is 0 Å². The van der Waals surface area contributed by atoms with Crippen molar-refractivity contribution in [3.63, 3.8) is 0 Å². The van der Waals surface area contributed by atoms with Crippen molar-refractivity contribution in [1.82, 2.24) is 0 Å². The average molecular weight is 501 g/mol. The molecule has 1 N–H and O–H groups in total. The molecule has 4 rings (SSSR count). The summed E-state index contributed by atoms with van der Waals surface area (Å²) >= 11 is 0. The van der Waals surface area contributed by atoms with E-state index in [1.807, 2.05) is 32.0 Å². The Balaban J connectivity index is 1.59. The average Bonchev–Trinajstić information content (AvgIpc) is 2.90. The van der Waals surface area contributed by atoms with Gasteiger partial charge in [0.2, 0.25) is 0 Å². The van der Waals surface area contributed by atoms with Gasteiger partial charge < -0.3 is 10.1 Å². The van der Waals surface area contributed by atoms with Gasteiger partial charge in [0, 0.05) is 11.3 Å². The lowest BCUT2D eigenvalue weighted by Gasteiger charge is -2.25. The largest absolute Gasteiger partial charge is 0.497 e. The SMILES string of the molecule is COc1ccc(N(Cc2ccc(C(=O)Nc3ccc(C)c(C)c3)cc2)S(=O)(=O)c2ccccc2)cc1. The van der Waals surface area contributed by atoms with E-state index in [1.165, 1.54) is 4.31 Å². The zero-order valence-corrected chi connectivity index (χ0v) is 21.2. The van der Waals surface area contributed by atoms with Gasteiger partial charge in [-0.05, 0) is 91.2 Å². The number of aryl methyl sites for hydroxylation is 2. The number of sulfonamides is 1. The lowest BCUT2D eigenvalue weighted by molar-refractivity contribution is 0.102. The second-order valence-electron chi connectivity index (χ2n) is 8.47. The minimum atomic E-state index is -3.83. The summed E-state index contributed by atoms with van der Waals surface area (Å²) in [5, 5.41) is 2.91. The predicted octanol–water partition coefficient (Wildman–Crippen LogP) is 5.96. The lowest BCUT2D eigenvalue weighted by Crippen LogP contribution is -2.30. The van der Waals surface area contributed by atoms with Crippen molar-refractivity contribution >= 4 is 27.3 Å². The molecule has 0 heterocycles. The maximum atomic E-state index is 13.6. The summed E-state index contributed by atoms with van der Waals surface area (Å²) in [4.78, 5) is 12.9. The zero-order valence-electron chi connectivity index (χ0n) is 20.4. The molecule has 0 aliphatic heterocycles. The minimum Gasteiger partial charge on any atom is -0.497 e. The van der Waals surface area contributed by atoms with Crippen LogP contribution >= 0.6 is 0 Å². The molecule has 4 aromatic carbocycles. The van der Waals surface area contributed by atoms with Gasteiger partial charge in [-0.25, -0.2) is 8.42 Å². The molecule has 0 saturated carbocycles. The number of benzene rings is 4. The number of nitrogens with one attached hydrogen (secondary N) is 1. The normalized spacial score (nSPS) is 11.1. The monoisotopic (exact) mass is 500 g/mol. The van der Waals surface area contributed by atoms with Crippen LogP contribution in [-0.4, -0.2) is 21.4 Å². The molecule has 36 heavy (non-hydrogen) atoms. The summed E-state index contributed by atoms with van der Waals surface area (Å²) in [5.74, 6) is 0.406. The molecule has 184 valence electrons. The third-order valence-electron chi connectivity index (χ3n) is 6.00. The minimum absolute atomic E-state index is 0.0998. The predicted molar refractivity (Wildman–Crippen MR) is 143 cm³/mol. The highest BCUT2D eigenvalue weighted by Gasteiger charge is 2.25. The summed E-state index contributed by atoms with van der Waals surface area (Å²) in [7, 11) is -2.27. The topological polar surface area (TPSA) is 75.7 Å². The fourth-order valence-electron chi connectivity index (χ4n) is 3.73. The van der Waals surface area contributed by atoms with E-state index in [0.717, 1.165) is 22.4 Å². The first-order valence-corrected chi connectivity index (χ1v) is 12.9. The molecule has 0 radical (unpaired) electrons. The summed E-state index contributed by atoms with van der Waals surface area (Å²) in [6.07, 6.45) is 0. The second kappa shape index (κ2) is 10.7. The fourth-order valence-corrected chi connectivity index (χ4v) is 5.21. The van der Waals surface area contributed by atoms with E-state index in [1.54, 1.807) is 86.0 Å². The van der Waals surface area contributed by atoms with E-state index >= 15 is 0 Å². The number of carbonyl (C=O) groups excluding carboxylic acids is 1. The van der Waals surface area contributed by atoms with Gasteiger partial charge >= 0.3 is 0 Å². The number of ether oxygens (including phenoxy) is 1. The Morgan fingerprint density at radius 3 is 2.11 bits per heavy atom. The molecule has 7 heteroatoms. The lowest BCUT2D eigenvalue weighted by atomic mass is 10.1. The first-order valence-electron chi connectivity index (χ1n) is 11.5. The van der Waals surface area contributed by atoms with Crippen LogP contribution in [0, 0.1) is 13.8 Å². The molecule has 0 aliphatic carbocycles. The molecule has 0 aromatic heterocycles. The molecule has 0 saturated heterocycles. The molecule has 0 spiro atoms. The van der Waals surface area contributed by atoms with Crippen LogP contribution in [0.15, 0.2) is 102 Å². The maximum Gasteiger partial charge on any atom is 0.264 e. The zero-order chi connectivity index (χ0) is 25.7. The van der Waals surface area contributed by atoms with E-state index < -0.39 is 10.0 Å². The number of amides is 1. The van der Waals surface area contributed by atoms with Gasteiger partial charge in [-0.15, -0.1) is 0 Å². The van der Waals surface area contributed by atoms with Crippen molar-refractivity contribution in [3.8, 4) is 5.75 Å². The Hall–Kier alpha value is -4.10. The van der Waals surface area contributed by atoms with Gasteiger partial charge in [0.05, 0.1) is 24.2 Å². The van der Waals surface area contributed by atoms with E-state index in [9.17, 15) is 13.2 Å². The Morgan fingerprint density at radius 1 is 0.833 bits per heavy atom. The van der Waals surface area contributed by atoms with Crippen molar-refractivity contribution in [1.29, 1.82) is 0 Å². The number of hydrogen-bond donors (Lipinski definition) is 1. The molecule has 1 amide bonds. The second-order valence-corrected chi connectivity index (χ2v) is 10.3. The quantitative estimate of drug-likeness (QED) is 0.324. The molecule has 6 nitrogen and oxygen atoms in total. The summed E-state index contributed by atoms with van der Waals surface area (Å²) in [6, 6.07) is 27.9. The smallest absolute Gasteiger partial charge is 0.264 e. The van der Waals surface area contributed by atoms with Crippen LogP contribution in [0.2, 0.25) is 0 Å². The number of anilines is 2. The van der Waals surface area contributed by atoms with Gasteiger partial charge in [-0.1, -0.05) is 36.4 Å². The van der Waals surface area contributed by atoms with Crippen LogP contribution in [-0.2, 0) is 16.6 Å². The number of rotatable bonds is 8. The molecule has 0 bridgehead atoms. The Labute approximate surface area is 212 Å². The van der Waals surface area contributed by atoms with E-state index in [4.69, 9.17) is 4.74 Å². The molecular weight excluding hydrogens is 472 g/mol. The van der Waals surface area contributed by atoms with Gasteiger partial charge in [0.15, 0.2) is 0 Å². The van der Waals surface area contributed by atoms with Crippen molar-refractivity contribution in [2.75, 3.05) is 16.7 Å². The van der Waals surface area contributed by atoms with Gasteiger partial charge in [0.1, 0.15) is 5.75 Å². The molecule has 0 unspecified atom stereocenters. The van der Waals surface area contributed by atoms with Crippen LogP contribution in [0.5, 0.6) is 5.75 Å². The summed E-state index contributed by atoms with van der Waals surface area (Å²) in [6.45, 7) is 4.12. The van der Waals surface area contributed by atoms with Crippen molar-refractivity contribution in [2.24, 2.45) is 0 Å². The fraction of sp³-hybridized carbons (Fsp3) is 0.138. The number of methoxy groups -OCH3 is 1. The van der Waals surface area contributed by atoms with Crippen LogP contribution in [0.1, 0.15) is 27.0 Å². The molecule has 0 atom stereocenters. The number of hydrogen-bond acceptors (Lipinski definition) is 4. The highest BCUT2D eigenvalue weighted by Crippen LogP contribution is 2.28. The van der Waals surface area contributed by atoms with Gasteiger partial charge in [0.25, 0.3) is 15.9 Å². The number of carbonyl (C=O) groups is 1. The Morgan fingerprint density at radius 2 is 1.50 bits per heavy atom. The highest BCUT2D eigenvalue weighted by molar-refractivity contribution is 7.92. The summed E-state index contributed by atoms with van der Waals surface area (Å²) < 4.78 is 33.7. The van der Waals surface area contributed by atoms with E-state index in [0.29, 0.717) is 17.0 Å².